The van der Waals surface area contributed by atoms with E-state index in [1.807, 2.05) is 72.6 Å². The van der Waals surface area contributed by atoms with Crippen LogP contribution < -0.4 is 10.2 Å². The molecule has 0 atom stereocenters. The van der Waals surface area contributed by atoms with E-state index < -0.39 is 0 Å². The van der Waals surface area contributed by atoms with Crippen LogP contribution in [0.15, 0.2) is 73.1 Å². The third-order valence-electron chi connectivity index (χ3n) is 4.13. The van der Waals surface area contributed by atoms with Crippen LogP contribution >= 0.6 is 11.6 Å². The lowest BCUT2D eigenvalue weighted by Gasteiger charge is -2.19. The van der Waals surface area contributed by atoms with Crippen molar-refractivity contribution < 1.29 is 4.79 Å². The first-order valence-corrected chi connectivity index (χ1v) is 8.78. The lowest BCUT2D eigenvalue weighted by atomic mass is 10.1. The van der Waals surface area contributed by atoms with E-state index in [9.17, 15) is 4.79 Å². The number of rotatable bonds is 6. The van der Waals surface area contributed by atoms with Crippen LogP contribution in [0.5, 0.6) is 0 Å². The standard InChI is InChI=1S/C21H20ClN3O/c1-25(19-5-3-2-4-6-19)20-13-17(14-23-15-20)21(26)24-12-11-16-7-9-18(22)10-8-16/h2-10,13-15H,11-12H2,1H3,(H,24,26). The first kappa shape index (κ1) is 18.0. The monoisotopic (exact) mass is 365 g/mol. The van der Waals surface area contributed by atoms with Crippen LogP contribution in [0.3, 0.4) is 0 Å². The van der Waals surface area contributed by atoms with Gasteiger partial charge in [-0.25, -0.2) is 0 Å². The van der Waals surface area contributed by atoms with Gasteiger partial charge in [-0.05, 0) is 42.3 Å². The van der Waals surface area contributed by atoms with Crippen molar-refractivity contribution in [2.24, 2.45) is 0 Å². The molecule has 1 aromatic heterocycles. The number of hydrogen-bond acceptors (Lipinski definition) is 3. The fourth-order valence-corrected chi connectivity index (χ4v) is 2.74. The second-order valence-electron chi connectivity index (χ2n) is 5.96. The molecule has 0 spiro atoms. The Hall–Kier alpha value is -2.85. The molecule has 0 aliphatic heterocycles. The molecule has 132 valence electrons. The fraction of sp³-hybridized carbons (Fsp3) is 0.143. The quantitative estimate of drug-likeness (QED) is 0.700. The predicted molar refractivity (Wildman–Crippen MR) is 106 cm³/mol. The van der Waals surface area contributed by atoms with Gasteiger partial charge in [-0.15, -0.1) is 0 Å². The Balaban J connectivity index is 1.62. The summed E-state index contributed by atoms with van der Waals surface area (Å²) >= 11 is 5.88. The van der Waals surface area contributed by atoms with Gasteiger partial charge in [0, 0.05) is 30.5 Å². The molecule has 5 heteroatoms. The fourth-order valence-electron chi connectivity index (χ4n) is 2.61. The molecule has 1 N–H and O–H groups in total. The summed E-state index contributed by atoms with van der Waals surface area (Å²) in [4.78, 5) is 18.6. The molecule has 0 aliphatic carbocycles. The number of pyridine rings is 1. The minimum Gasteiger partial charge on any atom is -0.352 e. The van der Waals surface area contributed by atoms with Gasteiger partial charge in [0.15, 0.2) is 0 Å². The first-order valence-electron chi connectivity index (χ1n) is 8.40. The lowest BCUT2D eigenvalue weighted by Crippen LogP contribution is -2.26. The number of anilines is 2. The maximum atomic E-state index is 12.4. The maximum Gasteiger partial charge on any atom is 0.252 e. The van der Waals surface area contributed by atoms with Crippen LogP contribution in [-0.4, -0.2) is 24.5 Å². The molecule has 4 nitrogen and oxygen atoms in total. The summed E-state index contributed by atoms with van der Waals surface area (Å²) in [6.07, 6.45) is 4.08. The minimum absolute atomic E-state index is 0.130. The van der Waals surface area contributed by atoms with E-state index in [-0.39, 0.29) is 5.91 Å². The number of amides is 1. The first-order chi connectivity index (χ1) is 12.6. The minimum atomic E-state index is -0.130. The predicted octanol–water partition coefficient (Wildman–Crippen LogP) is 4.48. The van der Waals surface area contributed by atoms with Gasteiger partial charge in [-0.2, -0.15) is 0 Å². The van der Waals surface area contributed by atoms with Crippen LogP contribution in [0, 0.1) is 0 Å². The molecule has 3 aromatic rings. The second kappa shape index (κ2) is 8.50. The molecule has 26 heavy (non-hydrogen) atoms. The molecule has 0 saturated heterocycles. The Labute approximate surface area is 158 Å². The summed E-state index contributed by atoms with van der Waals surface area (Å²) < 4.78 is 0. The van der Waals surface area contributed by atoms with Crippen LogP contribution in [0.1, 0.15) is 15.9 Å². The van der Waals surface area contributed by atoms with Gasteiger partial charge >= 0.3 is 0 Å². The average molecular weight is 366 g/mol. The third kappa shape index (κ3) is 4.61. The molecule has 0 fully saturated rings. The molecule has 0 saturated carbocycles. The molecule has 3 rings (SSSR count). The molecule has 1 amide bonds. The van der Waals surface area contributed by atoms with E-state index in [0.717, 1.165) is 23.4 Å². The summed E-state index contributed by atoms with van der Waals surface area (Å²) in [6, 6.07) is 19.4. The number of halogens is 1. The molecule has 2 aromatic carbocycles. The highest BCUT2D eigenvalue weighted by Crippen LogP contribution is 2.22. The van der Waals surface area contributed by atoms with E-state index in [2.05, 4.69) is 10.3 Å². The average Bonchev–Trinajstić information content (AvgIpc) is 2.69. The highest BCUT2D eigenvalue weighted by Gasteiger charge is 2.10. The van der Waals surface area contributed by atoms with Crippen LogP contribution in [0.2, 0.25) is 5.02 Å². The van der Waals surface area contributed by atoms with Crippen molar-refractivity contribution in [3.63, 3.8) is 0 Å². The van der Waals surface area contributed by atoms with E-state index in [1.54, 1.807) is 12.4 Å². The van der Waals surface area contributed by atoms with Gasteiger partial charge in [0.2, 0.25) is 0 Å². The zero-order chi connectivity index (χ0) is 18.4. The number of nitrogens with one attached hydrogen (secondary N) is 1. The highest BCUT2D eigenvalue weighted by molar-refractivity contribution is 6.30. The highest BCUT2D eigenvalue weighted by atomic mass is 35.5. The van der Waals surface area contributed by atoms with Crippen molar-refractivity contribution in [3.05, 3.63) is 89.2 Å². The van der Waals surface area contributed by atoms with Gasteiger partial charge in [0.1, 0.15) is 0 Å². The van der Waals surface area contributed by atoms with E-state index >= 15 is 0 Å². The van der Waals surface area contributed by atoms with Crippen LogP contribution in [0.25, 0.3) is 0 Å². The SMILES string of the molecule is CN(c1ccccc1)c1cncc(C(=O)NCCc2ccc(Cl)cc2)c1. The van der Waals surface area contributed by atoms with Crippen molar-refractivity contribution in [2.75, 3.05) is 18.5 Å². The van der Waals surface area contributed by atoms with Gasteiger partial charge < -0.3 is 10.2 Å². The zero-order valence-electron chi connectivity index (χ0n) is 14.5. The number of aromatic nitrogens is 1. The molecule has 0 radical (unpaired) electrons. The number of carbonyl (C=O) groups excluding carboxylic acids is 1. The van der Waals surface area contributed by atoms with E-state index in [0.29, 0.717) is 17.1 Å². The Morgan fingerprint density at radius 2 is 1.77 bits per heavy atom. The van der Waals surface area contributed by atoms with Crippen molar-refractivity contribution >= 4 is 28.9 Å². The summed E-state index contributed by atoms with van der Waals surface area (Å²) in [6.45, 7) is 0.555. The van der Waals surface area contributed by atoms with Gasteiger partial charge in [0.25, 0.3) is 5.91 Å². The Kier molecular flexibility index (Phi) is 5.87. The Bertz CT molecular complexity index is 866. The Morgan fingerprint density at radius 3 is 2.50 bits per heavy atom. The molecule has 0 aliphatic rings. The maximum absolute atomic E-state index is 12.4. The van der Waals surface area contributed by atoms with Gasteiger partial charge in [-0.1, -0.05) is 41.9 Å². The van der Waals surface area contributed by atoms with Crippen molar-refractivity contribution in [1.29, 1.82) is 0 Å². The van der Waals surface area contributed by atoms with E-state index in [4.69, 9.17) is 11.6 Å². The second-order valence-corrected chi connectivity index (χ2v) is 6.40. The molecular weight excluding hydrogens is 346 g/mol. The topological polar surface area (TPSA) is 45.2 Å². The number of hydrogen-bond donors (Lipinski definition) is 1. The number of nitrogens with zero attached hydrogens (tertiary/aromatic N) is 2. The lowest BCUT2D eigenvalue weighted by molar-refractivity contribution is 0.0954. The molecule has 0 bridgehead atoms. The molecule has 0 unspecified atom stereocenters. The number of para-hydroxylation sites is 1. The van der Waals surface area contributed by atoms with Crippen LogP contribution in [-0.2, 0) is 6.42 Å². The normalized spacial score (nSPS) is 10.4. The van der Waals surface area contributed by atoms with Crippen LogP contribution in [0.4, 0.5) is 11.4 Å². The van der Waals surface area contributed by atoms with Gasteiger partial charge in [0.05, 0.1) is 17.4 Å². The van der Waals surface area contributed by atoms with Crippen molar-refractivity contribution in [1.82, 2.24) is 10.3 Å². The number of carbonyl (C=O) groups is 1. The summed E-state index contributed by atoms with van der Waals surface area (Å²) in [5, 5.41) is 3.65. The zero-order valence-corrected chi connectivity index (χ0v) is 15.3. The smallest absolute Gasteiger partial charge is 0.252 e. The summed E-state index contributed by atoms with van der Waals surface area (Å²) in [5.74, 6) is -0.130. The molecular formula is C21H20ClN3O. The van der Waals surface area contributed by atoms with Crippen molar-refractivity contribution in [2.45, 2.75) is 6.42 Å². The largest absolute Gasteiger partial charge is 0.352 e. The summed E-state index contributed by atoms with van der Waals surface area (Å²) in [5.41, 5.74) is 3.57. The Morgan fingerprint density at radius 1 is 1.04 bits per heavy atom. The summed E-state index contributed by atoms with van der Waals surface area (Å²) in [7, 11) is 1.95. The third-order valence-corrected chi connectivity index (χ3v) is 4.38. The van der Waals surface area contributed by atoms with Gasteiger partial charge in [-0.3, -0.25) is 9.78 Å². The van der Waals surface area contributed by atoms with Crippen molar-refractivity contribution in [3.8, 4) is 0 Å². The van der Waals surface area contributed by atoms with E-state index in [1.165, 1.54) is 0 Å². The molecule has 1 heterocycles. The number of benzene rings is 2.